The SMILES string of the molecule is CCNCc1ncnn1CC1CSc2ccccc21. The molecule has 1 N–H and O–H groups in total. The molecular weight excluding hydrogens is 256 g/mol. The summed E-state index contributed by atoms with van der Waals surface area (Å²) in [6.07, 6.45) is 1.65. The zero-order chi connectivity index (χ0) is 13.1. The third kappa shape index (κ3) is 2.67. The Balaban J connectivity index is 1.74. The number of nitrogens with one attached hydrogen (secondary N) is 1. The van der Waals surface area contributed by atoms with E-state index in [4.69, 9.17) is 0 Å². The van der Waals surface area contributed by atoms with Crippen LogP contribution in [0, 0.1) is 0 Å². The van der Waals surface area contributed by atoms with Crippen molar-refractivity contribution in [3.05, 3.63) is 42.0 Å². The van der Waals surface area contributed by atoms with Crippen molar-refractivity contribution in [1.29, 1.82) is 0 Å². The quantitative estimate of drug-likeness (QED) is 0.908. The van der Waals surface area contributed by atoms with E-state index in [0.29, 0.717) is 5.92 Å². The molecule has 100 valence electrons. The van der Waals surface area contributed by atoms with Gasteiger partial charge in [0.05, 0.1) is 13.1 Å². The lowest BCUT2D eigenvalue weighted by molar-refractivity contribution is 0.511. The lowest BCUT2D eigenvalue weighted by atomic mass is 10.0. The lowest BCUT2D eigenvalue weighted by Crippen LogP contribution is -2.19. The summed E-state index contributed by atoms with van der Waals surface area (Å²) in [7, 11) is 0. The Morgan fingerprint density at radius 1 is 1.42 bits per heavy atom. The Labute approximate surface area is 117 Å². The van der Waals surface area contributed by atoms with E-state index in [1.54, 1.807) is 6.33 Å². The first-order valence-electron chi connectivity index (χ1n) is 6.67. The summed E-state index contributed by atoms with van der Waals surface area (Å²) in [6, 6.07) is 8.68. The monoisotopic (exact) mass is 274 g/mol. The van der Waals surface area contributed by atoms with Crippen molar-refractivity contribution in [1.82, 2.24) is 20.1 Å². The minimum absolute atomic E-state index is 0.545. The molecule has 0 saturated heterocycles. The maximum atomic E-state index is 4.36. The van der Waals surface area contributed by atoms with Crippen molar-refractivity contribution in [3.63, 3.8) is 0 Å². The van der Waals surface area contributed by atoms with E-state index in [-0.39, 0.29) is 0 Å². The van der Waals surface area contributed by atoms with E-state index in [2.05, 4.69) is 46.6 Å². The van der Waals surface area contributed by atoms with Crippen LogP contribution < -0.4 is 5.32 Å². The first-order chi connectivity index (χ1) is 9.38. The molecular formula is C14H18N4S. The minimum Gasteiger partial charge on any atom is -0.310 e. The molecule has 1 unspecified atom stereocenters. The maximum Gasteiger partial charge on any atom is 0.140 e. The van der Waals surface area contributed by atoms with Crippen molar-refractivity contribution in [3.8, 4) is 0 Å². The Morgan fingerprint density at radius 3 is 3.21 bits per heavy atom. The Kier molecular flexibility index (Phi) is 3.84. The Morgan fingerprint density at radius 2 is 2.32 bits per heavy atom. The summed E-state index contributed by atoms with van der Waals surface area (Å²) in [5, 5.41) is 7.67. The van der Waals surface area contributed by atoms with Gasteiger partial charge >= 0.3 is 0 Å². The van der Waals surface area contributed by atoms with E-state index < -0.39 is 0 Å². The third-order valence-corrected chi connectivity index (χ3v) is 4.67. The summed E-state index contributed by atoms with van der Waals surface area (Å²) in [5.41, 5.74) is 1.46. The first kappa shape index (κ1) is 12.7. The number of thioether (sulfide) groups is 1. The molecule has 19 heavy (non-hydrogen) atoms. The molecule has 0 fully saturated rings. The van der Waals surface area contributed by atoms with Crippen LogP contribution in [0.5, 0.6) is 0 Å². The second-order valence-electron chi connectivity index (χ2n) is 4.68. The normalized spacial score (nSPS) is 17.6. The number of nitrogens with zero attached hydrogens (tertiary/aromatic N) is 3. The number of fused-ring (bicyclic) bond motifs is 1. The fourth-order valence-corrected chi connectivity index (χ4v) is 3.65. The lowest BCUT2D eigenvalue weighted by Gasteiger charge is -2.12. The molecule has 2 aromatic rings. The highest BCUT2D eigenvalue weighted by Crippen LogP contribution is 2.39. The average Bonchev–Trinajstić information content (AvgIpc) is 3.05. The number of hydrogen-bond donors (Lipinski definition) is 1. The van der Waals surface area contributed by atoms with Crippen molar-refractivity contribution >= 4 is 11.8 Å². The van der Waals surface area contributed by atoms with Crippen molar-refractivity contribution in [2.75, 3.05) is 12.3 Å². The molecule has 0 spiro atoms. The van der Waals surface area contributed by atoms with Crippen LogP contribution in [0.25, 0.3) is 0 Å². The summed E-state index contributed by atoms with van der Waals surface area (Å²) in [5.74, 6) is 2.71. The minimum atomic E-state index is 0.545. The van der Waals surface area contributed by atoms with Gasteiger partial charge in [-0.2, -0.15) is 5.10 Å². The van der Waals surface area contributed by atoms with Crippen LogP contribution in [-0.4, -0.2) is 27.1 Å². The Hall–Kier alpha value is -1.33. The van der Waals surface area contributed by atoms with Gasteiger partial charge in [0, 0.05) is 16.6 Å². The predicted octanol–water partition coefficient (Wildman–Crippen LogP) is 2.28. The van der Waals surface area contributed by atoms with Crippen LogP contribution in [0.1, 0.15) is 24.2 Å². The predicted molar refractivity (Wildman–Crippen MR) is 77.3 cm³/mol. The van der Waals surface area contributed by atoms with E-state index >= 15 is 0 Å². The molecule has 1 aliphatic rings. The topological polar surface area (TPSA) is 42.7 Å². The van der Waals surface area contributed by atoms with Crippen molar-refractivity contribution in [2.45, 2.75) is 30.8 Å². The van der Waals surface area contributed by atoms with Gasteiger partial charge < -0.3 is 5.32 Å². The number of rotatable bonds is 5. The first-order valence-corrected chi connectivity index (χ1v) is 7.66. The zero-order valence-electron chi connectivity index (χ0n) is 11.0. The van der Waals surface area contributed by atoms with Crippen LogP contribution in [0.4, 0.5) is 0 Å². The molecule has 0 bridgehead atoms. The van der Waals surface area contributed by atoms with E-state index in [1.807, 2.05) is 16.4 Å². The van der Waals surface area contributed by atoms with E-state index in [1.165, 1.54) is 10.5 Å². The van der Waals surface area contributed by atoms with Gasteiger partial charge in [-0.15, -0.1) is 11.8 Å². The van der Waals surface area contributed by atoms with E-state index in [0.717, 1.165) is 31.2 Å². The molecule has 0 saturated carbocycles. The van der Waals surface area contributed by atoms with Crippen LogP contribution in [-0.2, 0) is 13.1 Å². The summed E-state index contributed by atoms with van der Waals surface area (Å²) in [4.78, 5) is 5.75. The van der Waals surface area contributed by atoms with Crippen molar-refractivity contribution < 1.29 is 0 Å². The summed E-state index contributed by atoms with van der Waals surface area (Å²) in [6.45, 7) is 4.77. The standard InChI is InChI=1S/C14H18N4S/c1-2-15-7-14-16-10-17-18(14)8-11-9-19-13-6-4-3-5-12(11)13/h3-6,10-11,15H,2,7-9H2,1H3. The molecule has 4 nitrogen and oxygen atoms in total. The number of benzene rings is 1. The van der Waals surface area contributed by atoms with Gasteiger partial charge in [0.2, 0.25) is 0 Å². The maximum absolute atomic E-state index is 4.36. The van der Waals surface area contributed by atoms with Gasteiger partial charge in [-0.25, -0.2) is 9.67 Å². The second kappa shape index (κ2) is 5.75. The van der Waals surface area contributed by atoms with Gasteiger partial charge in [0.1, 0.15) is 12.2 Å². The smallest absolute Gasteiger partial charge is 0.140 e. The fraction of sp³-hybridized carbons (Fsp3) is 0.429. The van der Waals surface area contributed by atoms with E-state index in [9.17, 15) is 0 Å². The Bertz CT molecular complexity index is 552. The van der Waals surface area contributed by atoms with Crippen LogP contribution in [0.15, 0.2) is 35.5 Å². The second-order valence-corrected chi connectivity index (χ2v) is 5.75. The van der Waals surface area contributed by atoms with Gasteiger partial charge in [-0.05, 0) is 18.2 Å². The summed E-state index contributed by atoms with van der Waals surface area (Å²) < 4.78 is 2.04. The average molecular weight is 274 g/mol. The molecule has 1 aromatic carbocycles. The highest BCUT2D eigenvalue weighted by molar-refractivity contribution is 7.99. The molecule has 0 radical (unpaired) electrons. The molecule has 1 aliphatic heterocycles. The van der Waals surface area contributed by atoms with Crippen LogP contribution in [0.2, 0.25) is 0 Å². The van der Waals surface area contributed by atoms with Gasteiger partial charge in [0.15, 0.2) is 0 Å². The highest BCUT2D eigenvalue weighted by atomic mass is 32.2. The molecule has 0 amide bonds. The van der Waals surface area contributed by atoms with Gasteiger partial charge in [-0.1, -0.05) is 25.1 Å². The van der Waals surface area contributed by atoms with Crippen LogP contribution in [0.3, 0.4) is 0 Å². The molecule has 1 aromatic heterocycles. The molecule has 0 aliphatic carbocycles. The molecule has 1 atom stereocenters. The van der Waals surface area contributed by atoms with Crippen LogP contribution >= 0.6 is 11.8 Å². The van der Waals surface area contributed by atoms with Gasteiger partial charge in [0.25, 0.3) is 0 Å². The van der Waals surface area contributed by atoms with Gasteiger partial charge in [-0.3, -0.25) is 0 Å². The number of hydrogen-bond acceptors (Lipinski definition) is 4. The van der Waals surface area contributed by atoms with Crippen molar-refractivity contribution in [2.24, 2.45) is 0 Å². The molecule has 5 heteroatoms. The molecule has 3 rings (SSSR count). The zero-order valence-corrected chi connectivity index (χ0v) is 11.9. The molecule has 2 heterocycles. The number of aromatic nitrogens is 3. The fourth-order valence-electron chi connectivity index (χ4n) is 2.40. The largest absolute Gasteiger partial charge is 0.310 e. The summed E-state index contributed by atoms with van der Waals surface area (Å²) >= 11 is 1.94. The third-order valence-electron chi connectivity index (χ3n) is 3.42. The highest BCUT2D eigenvalue weighted by Gasteiger charge is 2.23.